The highest BCUT2D eigenvalue weighted by molar-refractivity contribution is 5.33. The number of para-hydroxylation sites is 1. The minimum atomic E-state index is -0.891. The summed E-state index contributed by atoms with van der Waals surface area (Å²) in [6.45, 7) is 0. The van der Waals surface area contributed by atoms with Crippen molar-refractivity contribution in [3.05, 3.63) is 66.5 Å². The first-order valence-corrected chi connectivity index (χ1v) is 5.76. The zero-order chi connectivity index (χ0) is 13.1. The number of benzene rings is 1. The molecule has 0 saturated heterocycles. The number of nitrogens with zero attached hydrogens (tertiary/aromatic N) is 5. The molecule has 0 amide bonds. The Morgan fingerprint density at radius 2 is 1.95 bits per heavy atom. The van der Waals surface area contributed by atoms with Crippen LogP contribution in [0.25, 0.3) is 5.69 Å². The van der Waals surface area contributed by atoms with Gasteiger partial charge in [-0.2, -0.15) is 0 Å². The molecule has 1 aromatic carbocycles. The van der Waals surface area contributed by atoms with Crippen molar-refractivity contribution in [3.63, 3.8) is 0 Å². The molecule has 0 aliphatic rings. The lowest BCUT2D eigenvalue weighted by atomic mass is 10.2. The fraction of sp³-hybridized carbons (Fsp3) is 0.0769. The fourth-order valence-corrected chi connectivity index (χ4v) is 1.81. The number of aromatic nitrogens is 5. The van der Waals surface area contributed by atoms with E-state index in [4.69, 9.17) is 0 Å². The van der Waals surface area contributed by atoms with Crippen molar-refractivity contribution < 1.29 is 5.11 Å². The molecule has 6 nitrogen and oxygen atoms in total. The third-order valence-corrected chi connectivity index (χ3v) is 2.74. The molecule has 1 atom stereocenters. The van der Waals surface area contributed by atoms with Gasteiger partial charge in [0.1, 0.15) is 12.4 Å². The Hall–Kier alpha value is -2.60. The van der Waals surface area contributed by atoms with E-state index in [0.29, 0.717) is 11.4 Å². The number of hydrogen-bond donors (Lipinski definition) is 1. The van der Waals surface area contributed by atoms with Crippen molar-refractivity contribution >= 4 is 0 Å². The molecule has 0 spiro atoms. The Bertz CT molecular complexity index is 653. The summed E-state index contributed by atoms with van der Waals surface area (Å²) in [6.07, 6.45) is 3.62. The van der Waals surface area contributed by atoms with E-state index in [1.807, 2.05) is 30.3 Å². The van der Waals surface area contributed by atoms with Gasteiger partial charge in [0.15, 0.2) is 0 Å². The molecular weight excluding hydrogens is 242 g/mol. The van der Waals surface area contributed by atoms with Crippen LogP contribution in [0.4, 0.5) is 0 Å². The maximum absolute atomic E-state index is 10.3. The van der Waals surface area contributed by atoms with E-state index in [2.05, 4.69) is 20.3 Å². The summed E-state index contributed by atoms with van der Waals surface area (Å²) >= 11 is 0. The van der Waals surface area contributed by atoms with Gasteiger partial charge in [0.25, 0.3) is 0 Å². The summed E-state index contributed by atoms with van der Waals surface area (Å²) in [7, 11) is 0. The highest BCUT2D eigenvalue weighted by Gasteiger charge is 2.18. The maximum atomic E-state index is 10.3. The second-order valence-corrected chi connectivity index (χ2v) is 3.94. The molecule has 3 rings (SSSR count). The quantitative estimate of drug-likeness (QED) is 0.757. The lowest BCUT2D eigenvalue weighted by Gasteiger charge is -2.11. The molecule has 6 heteroatoms. The molecule has 0 fully saturated rings. The number of hydrogen-bond acceptors (Lipinski definition) is 5. The van der Waals surface area contributed by atoms with Crippen LogP contribution in [0.1, 0.15) is 17.5 Å². The number of rotatable bonds is 3. The largest absolute Gasteiger partial charge is 0.380 e. The molecule has 1 unspecified atom stereocenters. The molecule has 94 valence electrons. The summed E-state index contributed by atoms with van der Waals surface area (Å²) in [5.74, 6) is 0. The minimum absolute atomic E-state index is 0.509. The first-order chi connectivity index (χ1) is 9.36. The molecule has 19 heavy (non-hydrogen) atoms. The van der Waals surface area contributed by atoms with Crippen LogP contribution in [0.15, 0.2) is 55.1 Å². The van der Waals surface area contributed by atoms with Crippen molar-refractivity contribution in [1.29, 1.82) is 0 Å². The number of aliphatic hydroxyl groups excluding tert-OH is 1. The van der Waals surface area contributed by atoms with Gasteiger partial charge in [-0.05, 0) is 18.2 Å². The molecule has 0 bridgehead atoms. The Morgan fingerprint density at radius 1 is 1.11 bits per heavy atom. The molecule has 0 saturated carbocycles. The highest BCUT2D eigenvalue weighted by Crippen LogP contribution is 2.20. The predicted octanol–water partition coefficient (Wildman–Crippen LogP) is 1.14. The summed E-state index contributed by atoms with van der Waals surface area (Å²) in [5, 5.41) is 18.2. The molecule has 2 heterocycles. The lowest BCUT2D eigenvalue weighted by molar-refractivity contribution is 0.207. The van der Waals surface area contributed by atoms with E-state index in [0.717, 1.165) is 5.69 Å². The molecular formula is C13H11N5O. The first kappa shape index (κ1) is 11.5. The van der Waals surface area contributed by atoms with Crippen LogP contribution in [0.3, 0.4) is 0 Å². The van der Waals surface area contributed by atoms with E-state index >= 15 is 0 Å². The summed E-state index contributed by atoms with van der Waals surface area (Å²) in [6, 6.07) is 11.2. The monoisotopic (exact) mass is 253 g/mol. The highest BCUT2D eigenvalue weighted by atomic mass is 16.3. The van der Waals surface area contributed by atoms with Crippen molar-refractivity contribution in [3.8, 4) is 5.69 Å². The second-order valence-electron chi connectivity index (χ2n) is 3.94. The molecule has 1 N–H and O–H groups in total. The van der Waals surface area contributed by atoms with E-state index in [1.54, 1.807) is 16.9 Å². The second kappa shape index (κ2) is 4.95. The zero-order valence-corrected chi connectivity index (χ0v) is 9.96. The van der Waals surface area contributed by atoms with E-state index in [1.165, 1.54) is 12.5 Å². The van der Waals surface area contributed by atoms with E-state index in [9.17, 15) is 5.11 Å². The molecule has 0 radical (unpaired) electrons. The van der Waals surface area contributed by atoms with Crippen LogP contribution in [0.5, 0.6) is 0 Å². The van der Waals surface area contributed by atoms with Crippen LogP contribution >= 0.6 is 0 Å². The molecule has 3 aromatic rings. The third kappa shape index (κ3) is 2.21. The average Bonchev–Trinajstić information content (AvgIpc) is 2.98. The molecule has 0 aliphatic heterocycles. The smallest absolute Gasteiger partial charge is 0.140 e. The van der Waals surface area contributed by atoms with Gasteiger partial charge in [-0.15, -0.1) is 5.10 Å². The Morgan fingerprint density at radius 3 is 2.68 bits per heavy atom. The van der Waals surface area contributed by atoms with Crippen molar-refractivity contribution in [2.24, 2.45) is 0 Å². The van der Waals surface area contributed by atoms with Crippen LogP contribution < -0.4 is 0 Å². The van der Waals surface area contributed by atoms with E-state index in [-0.39, 0.29) is 0 Å². The minimum Gasteiger partial charge on any atom is -0.380 e. The van der Waals surface area contributed by atoms with Crippen LogP contribution in [-0.4, -0.2) is 30.1 Å². The summed E-state index contributed by atoms with van der Waals surface area (Å²) in [4.78, 5) is 7.87. The zero-order valence-electron chi connectivity index (χ0n) is 9.96. The van der Waals surface area contributed by atoms with Gasteiger partial charge in [-0.1, -0.05) is 23.4 Å². The van der Waals surface area contributed by atoms with Crippen molar-refractivity contribution in [1.82, 2.24) is 25.0 Å². The van der Waals surface area contributed by atoms with Gasteiger partial charge < -0.3 is 5.11 Å². The molecule has 0 aliphatic carbocycles. The number of aliphatic hydroxyl groups is 1. The van der Waals surface area contributed by atoms with Crippen LogP contribution in [-0.2, 0) is 0 Å². The van der Waals surface area contributed by atoms with Crippen LogP contribution in [0.2, 0.25) is 0 Å². The van der Waals surface area contributed by atoms with Gasteiger partial charge in [-0.25, -0.2) is 14.6 Å². The molecule has 2 aromatic heterocycles. The SMILES string of the molecule is OC(c1ccncn1)c1cnnn1-c1ccccc1. The van der Waals surface area contributed by atoms with Gasteiger partial charge in [0, 0.05) is 6.20 Å². The first-order valence-electron chi connectivity index (χ1n) is 5.76. The Labute approximate surface area is 109 Å². The standard InChI is InChI=1S/C13H11N5O/c19-13(11-6-7-14-9-15-11)12-8-16-17-18(12)10-4-2-1-3-5-10/h1-9,13,19H. The van der Waals surface area contributed by atoms with E-state index < -0.39 is 6.10 Å². The van der Waals surface area contributed by atoms with Gasteiger partial charge in [-0.3, -0.25) is 0 Å². The third-order valence-electron chi connectivity index (χ3n) is 2.74. The normalized spacial score (nSPS) is 12.3. The van der Waals surface area contributed by atoms with Gasteiger partial charge in [0.05, 0.1) is 23.3 Å². The maximum Gasteiger partial charge on any atom is 0.140 e. The van der Waals surface area contributed by atoms with Crippen LogP contribution in [0, 0.1) is 0 Å². The topological polar surface area (TPSA) is 76.7 Å². The summed E-state index contributed by atoms with van der Waals surface area (Å²) < 4.78 is 1.59. The van der Waals surface area contributed by atoms with Gasteiger partial charge >= 0.3 is 0 Å². The fourth-order valence-electron chi connectivity index (χ4n) is 1.81. The van der Waals surface area contributed by atoms with Gasteiger partial charge in [0.2, 0.25) is 0 Å². The summed E-state index contributed by atoms with van der Waals surface area (Å²) in [5.41, 5.74) is 1.91. The average molecular weight is 253 g/mol. The predicted molar refractivity (Wildman–Crippen MR) is 67.5 cm³/mol. The lowest BCUT2D eigenvalue weighted by Crippen LogP contribution is -2.09. The Balaban J connectivity index is 2.01. The van der Waals surface area contributed by atoms with Crippen molar-refractivity contribution in [2.45, 2.75) is 6.10 Å². The Kier molecular flexibility index (Phi) is 2.99. The van der Waals surface area contributed by atoms with Crippen molar-refractivity contribution in [2.75, 3.05) is 0 Å².